The Balaban J connectivity index is 1.57. The van der Waals surface area contributed by atoms with Crippen LogP contribution in [0.2, 0.25) is 0 Å². The van der Waals surface area contributed by atoms with Gasteiger partial charge < -0.3 is 14.9 Å². The molecule has 0 aliphatic carbocycles. The number of rotatable bonds is 7. The minimum absolute atomic E-state index is 0.0869. The van der Waals surface area contributed by atoms with Crippen LogP contribution in [0.3, 0.4) is 0 Å². The van der Waals surface area contributed by atoms with Crippen molar-refractivity contribution in [2.45, 2.75) is 26.7 Å². The minimum atomic E-state index is -0.220. The van der Waals surface area contributed by atoms with E-state index in [4.69, 9.17) is 4.74 Å². The lowest BCUT2D eigenvalue weighted by Gasteiger charge is -2.10. The molecular weight excluding hydrogens is 352 g/mol. The first-order chi connectivity index (χ1) is 13.5. The van der Waals surface area contributed by atoms with Crippen LogP contribution in [0, 0.1) is 13.8 Å². The van der Waals surface area contributed by atoms with Crippen molar-refractivity contribution in [3.05, 3.63) is 88.5 Å². The van der Waals surface area contributed by atoms with Crippen LogP contribution in [0.25, 0.3) is 0 Å². The molecule has 0 spiro atoms. The van der Waals surface area contributed by atoms with Crippen molar-refractivity contribution in [2.75, 3.05) is 6.61 Å². The van der Waals surface area contributed by atoms with Crippen LogP contribution in [0.15, 0.2) is 60.7 Å². The lowest BCUT2D eigenvalue weighted by molar-refractivity contribution is 0.103. The summed E-state index contributed by atoms with van der Waals surface area (Å²) < 4.78 is 5.71. The van der Waals surface area contributed by atoms with E-state index in [1.807, 2.05) is 32.0 Å². The van der Waals surface area contributed by atoms with Crippen LogP contribution in [0.1, 0.15) is 39.0 Å². The van der Waals surface area contributed by atoms with Crippen molar-refractivity contribution in [3.63, 3.8) is 0 Å². The largest absolute Gasteiger partial charge is 0.507 e. The number of phenolic OH excluding ortho intramolecular Hbond substituents is 2. The average Bonchev–Trinajstić information content (AvgIpc) is 2.69. The fourth-order valence-corrected chi connectivity index (χ4v) is 3.19. The summed E-state index contributed by atoms with van der Waals surface area (Å²) in [4.78, 5) is 12.5. The summed E-state index contributed by atoms with van der Waals surface area (Å²) in [5, 5.41) is 20.1. The zero-order valence-corrected chi connectivity index (χ0v) is 16.1. The van der Waals surface area contributed by atoms with Gasteiger partial charge in [-0.05, 0) is 55.5 Å². The van der Waals surface area contributed by atoms with E-state index < -0.39 is 0 Å². The summed E-state index contributed by atoms with van der Waals surface area (Å²) in [5.41, 5.74) is 3.70. The summed E-state index contributed by atoms with van der Waals surface area (Å²) in [7, 11) is 0. The first-order valence-corrected chi connectivity index (χ1v) is 9.30. The molecule has 0 heterocycles. The zero-order valence-electron chi connectivity index (χ0n) is 16.1. The number of aryl methyl sites for hydroxylation is 3. The maximum atomic E-state index is 12.5. The number of phenols is 2. The molecule has 0 aliphatic heterocycles. The van der Waals surface area contributed by atoms with Crippen molar-refractivity contribution in [1.82, 2.24) is 0 Å². The van der Waals surface area contributed by atoms with E-state index in [1.165, 1.54) is 6.07 Å². The third-order valence-corrected chi connectivity index (χ3v) is 4.68. The van der Waals surface area contributed by atoms with Gasteiger partial charge in [0.15, 0.2) is 5.78 Å². The lowest BCUT2D eigenvalue weighted by Crippen LogP contribution is -2.03. The SMILES string of the molecule is Cc1cc(CCCOc2ccc(C(=O)c3ccccc3)c(O)c2)cc(C)c1O. The zero-order chi connectivity index (χ0) is 20.1. The molecule has 3 aromatic rings. The predicted octanol–water partition coefficient (Wildman–Crippen LogP) is 4.96. The molecule has 144 valence electrons. The number of ether oxygens (including phenoxy) is 1. The first-order valence-electron chi connectivity index (χ1n) is 9.30. The van der Waals surface area contributed by atoms with Gasteiger partial charge in [0.2, 0.25) is 0 Å². The fourth-order valence-electron chi connectivity index (χ4n) is 3.19. The van der Waals surface area contributed by atoms with Gasteiger partial charge in [-0.15, -0.1) is 0 Å². The molecule has 4 nitrogen and oxygen atoms in total. The van der Waals surface area contributed by atoms with Crippen molar-refractivity contribution in [1.29, 1.82) is 0 Å². The van der Waals surface area contributed by atoms with Crippen molar-refractivity contribution < 1.29 is 19.7 Å². The molecule has 3 rings (SSSR count). The van der Waals surface area contributed by atoms with Crippen LogP contribution in [-0.2, 0) is 6.42 Å². The molecule has 0 aliphatic rings. The number of hydrogen-bond acceptors (Lipinski definition) is 4. The van der Waals surface area contributed by atoms with Crippen molar-refractivity contribution in [2.24, 2.45) is 0 Å². The van der Waals surface area contributed by atoms with Gasteiger partial charge in [-0.3, -0.25) is 4.79 Å². The fraction of sp³-hybridized carbons (Fsp3) is 0.208. The molecule has 0 atom stereocenters. The van der Waals surface area contributed by atoms with E-state index in [-0.39, 0.29) is 17.1 Å². The Hall–Kier alpha value is -3.27. The van der Waals surface area contributed by atoms with Gasteiger partial charge in [-0.25, -0.2) is 0 Å². The second-order valence-corrected chi connectivity index (χ2v) is 6.90. The quantitative estimate of drug-likeness (QED) is 0.452. The molecule has 28 heavy (non-hydrogen) atoms. The Labute approximate surface area is 165 Å². The molecule has 2 N–H and O–H groups in total. The third kappa shape index (κ3) is 4.52. The Morgan fingerprint density at radius 3 is 2.25 bits per heavy atom. The highest BCUT2D eigenvalue weighted by Crippen LogP contribution is 2.26. The predicted molar refractivity (Wildman–Crippen MR) is 109 cm³/mol. The number of carbonyl (C=O) groups is 1. The standard InChI is InChI=1S/C24H24O4/c1-16-13-18(14-17(2)23(16)26)7-6-12-28-20-10-11-21(22(25)15-20)24(27)19-8-4-3-5-9-19/h3-5,8-11,13-15,25-26H,6-7,12H2,1-2H3. The molecule has 0 radical (unpaired) electrons. The molecule has 0 aromatic heterocycles. The normalized spacial score (nSPS) is 10.6. The first kappa shape index (κ1) is 19.5. The molecule has 0 saturated carbocycles. The molecule has 0 bridgehead atoms. The summed E-state index contributed by atoms with van der Waals surface area (Å²) >= 11 is 0. The molecule has 0 amide bonds. The molecule has 3 aromatic carbocycles. The summed E-state index contributed by atoms with van der Waals surface area (Å²) in [5.74, 6) is 0.569. The van der Waals surface area contributed by atoms with Gasteiger partial charge in [-0.2, -0.15) is 0 Å². The Morgan fingerprint density at radius 1 is 0.929 bits per heavy atom. The van der Waals surface area contributed by atoms with E-state index in [1.54, 1.807) is 36.4 Å². The molecular formula is C24H24O4. The van der Waals surface area contributed by atoms with Crippen LogP contribution >= 0.6 is 0 Å². The molecule has 0 fully saturated rings. The van der Waals surface area contributed by atoms with Gasteiger partial charge in [0.1, 0.15) is 17.2 Å². The highest BCUT2D eigenvalue weighted by atomic mass is 16.5. The number of carbonyl (C=O) groups excluding carboxylic acids is 1. The van der Waals surface area contributed by atoms with E-state index in [0.717, 1.165) is 29.5 Å². The monoisotopic (exact) mass is 376 g/mol. The van der Waals surface area contributed by atoms with Crippen LogP contribution < -0.4 is 4.74 Å². The number of aromatic hydroxyl groups is 2. The number of benzene rings is 3. The third-order valence-electron chi connectivity index (χ3n) is 4.68. The van der Waals surface area contributed by atoms with Crippen molar-refractivity contribution in [3.8, 4) is 17.2 Å². The van der Waals surface area contributed by atoms with E-state index in [2.05, 4.69) is 0 Å². The van der Waals surface area contributed by atoms with Crippen molar-refractivity contribution >= 4 is 5.78 Å². The van der Waals surface area contributed by atoms with Gasteiger partial charge >= 0.3 is 0 Å². The highest BCUT2D eigenvalue weighted by molar-refractivity contribution is 6.10. The Kier molecular flexibility index (Phi) is 5.99. The minimum Gasteiger partial charge on any atom is -0.507 e. The van der Waals surface area contributed by atoms with E-state index in [9.17, 15) is 15.0 Å². The molecule has 0 saturated heterocycles. The van der Waals surface area contributed by atoms with Gasteiger partial charge in [0.05, 0.1) is 12.2 Å². The summed E-state index contributed by atoms with van der Waals surface area (Å²) in [6.45, 7) is 4.27. The van der Waals surface area contributed by atoms with Gasteiger partial charge in [0.25, 0.3) is 0 Å². The summed E-state index contributed by atoms with van der Waals surface area (Å²) in [6, 6.07) is 17.6. The lowest BCUT2D eigenvalue weighted by atomic mass is 10.0. The highest BCUT2D eigenvalue weighted by Gasteiger charge is 2.14. The van der Waals surface area contributed by atoms with E-state index in [0.29, 0.717) is 23.7 Å². The topological polar surface area (TPSA) is 66.8 Å². The maximum absolute atomic E-state index is 12.5. The second-order valence-electron chi connectivity index (χ2n) is 6.90. The number of ketones is 1. The van der Waals surface area contributed by atoms with Crippen LogP contribution in [-0.4, -0.2) is 22.6 Å². The van der Waals surface area contributed by atoms with Crippen LogP contribution in [0.4, 0.5) is 0 Å². The van der Waals surface area contributed by atoms with Gasteiger partial charge in [-0.1, -0.05) is 42.5 Å². The Bertz CT molecular complexity index is 954. The summed E-state index contributed by atoms with van der Waals surface area (Å²) in [6.07, 6.45) is 1.63. The van der Waals surface area contributed by atoms with Gasteiger partial charge in [0, 0.05) is 11.6 Å². The second kappa shape index (κ2) is 8.61. The van der Waals surface area contributed by atoms with Crippen LogP contribution in [0.5, 0.6) is 17.2 Å². The molecule has 0 unspecified atom stereocenters. The average molecular weight is 376 g/mol. The smallest absolute Gasteiger partial charge is 0.196 e. The molecule has 4 heteroatoms. The maximum Gasteiger partial charge on any atom is 0.196 e. The Morgan fingerprint density at radius 2 is 1.61 bits per heavy atom. The van der Waals surface area contributed by atoms with E-state index >= 15 is 0 Å². The number of hydrogen-bond donors (Lipinski definition) is 2.